The van der Waals surface area contributed by atoms with Gasteiger partial charge >= 0.3 is 0 Å². The number of carbonyl (C=O) groups is 1. The predicted molar refractivity (Wildman–Crippen MR) is 114 cm³/mol. The minimum atomic E-state index is -0.383. The van der Waals surface area contributed by atoms with E-state index in [0.717, 1.165) is 48.2 Å². The summed E-state index contributed by atoms with van der Waals surface area (Å²) in [5.74, 6) is -0.315. The van der Waals surface area contributed by atoms with Crippen molar-refractivity contribution in [2.24, 2.45) is 7.05 Å². The third kappa shape index (κ3) is 3.49. The lowest BCUT2D eigenvalue weighted by molar-refractivity contribution is 0.102. The summed E-state index contributed by atoms with van der Waals surface area (Å²) in [5.41, 5.74) is 2.94. The lowest BCUT2D eigenvalue weighted by atomic mass is 10.1. The first-order valence-electron chi connectivity index (χ1n) is 10.5. The molecular weight excluding hydrogens is 384 g/mol. The number of hydrogen-bond donors (Lipinski definition) is 2. The number of anilines is 3. The van der Waals surface area contributed by atoms with Crippen LogP contribution >= 0.6 is 0 Å². The number of aliphatic hydroxyl groups is 1. The molecule has 0 bridgehead atoms. The van der Waals surface area contributed by atoms with Crippen LogP contribution in [0.2, 0.25) is 0 Å². The molecule has 2 N–H and O–H groups in total. The molecule has 4 heterocycles. The molecule has 0 spiro atoms. The third-order valence-corrected chi connectivity index (χ3v) is 5.97. The summed E-state index contributed by atoms with van der Waals surface area (Å²) in [5, 5.41) is 18.1. The highest BCUT2D eigenvalue weighted by atomic mass is 16.4. The fourth-order valence-electron chi connectivity index (χ4n) is 4.30. The van der Waals surface area contributed by atoms with Gasteiger partial charge in [-0.25, -0.2) is 0 Å². The summed E-state index contributed by atoms with van der Waals surface area (Å²) >= 11 is 0. The number of benzene rings is 1. The van der Waals surface area contributed by atoms with Gasteiger partial charge < -0.3 is 24.6 Å². The highest BCUT2D eigenvalue weighted by Gasteiger charge is 2.26. The number of β-amino-alcohol motifs (C(OH)–C–C–N with tert-alkyl or cyclic N) is 1. The van der Waals surface area contributed by atoms with E-state index in [2.05, 4.69) is 26.4 Å². The van der Waals surface area contributed by atoms with E-state index in [1.807, 2.05) is 24.2 Å². The molecule has 1 aromatic carbocycles. The van der Waals surface area contributed by atoms with Gasteiger partial charge in [0.05, 0.1) is 29.2 Å². The molecule has 9 nitrogen and oxygen atoms in total. The first-order valence-corrected chi connectivity index (χ1v) is 10.5. The smallest absolute Gasteiger partial charge is 0.298 e. The van der Waals surface area contributed by atoms with E-state index in [-0.39, 0.29) is 17.7 Å². The first kappa shape index (κ1) is 18.9. The van der Waals surface area contributed by atoms with Crippen molar-refractivity contribution < 1.29 is 14.3 Å². The lowest BCUT2D eigenvalue weighted by Gasteiger charge is -2.30. The van der Waals surface area contributed by atoms with Gasteiger partial charge in [-0.1, -0.05) is 0 Å². The summed E-state index contributed by atoms with van der Waals surface area (Å²) in [7, 11) is 1.89. The van der Waals surface area contributed by atoms with Crippen molar-refractivity contribution in [1.29, 1.82) is 0 Å². The van der Waals surface area contributed by atoms with Crippen LogP contribution in [-0.4, -0.2) is 58.1 Å². The maximum atomic E-state index is 13.0. The fourth-order valence-corrected chi connectivity index (χ4v) is 4.30. The van der Waals surface area contributed by atoms with E-state index in [4.69, 9.17) is 4.42 Å². The van der Waals surface area contributed by atoms with E-state index < -0.39 is 0 Å². The predicted octanol–water partition coefficient (Wildman–Crippen LogP) is 2.37. The normalized spacial score (nSPS) is 19.6. The molecule has 1 atom stereocenters. The Hall–Kier alpha value is -3.07. The van der Waals surface area contributed by atoms with E-state index >= 15 is 0 Å². The SMILES string of the molecule is Cn1ncc2cc(N3CCCCC3)c(NC(=O)c3coc(N4CCC(O)C4)n3)cc21. The van der Waals surface area contributed by atoms with Gasteiger partial charge in [0.25, 0.3) is 11.9 Å². The number of aromatic nitrogens is 3. The van der Waals surface area contributed by atoms with E-state index in [1.165, 1.54) is 12.7 Å². The molecule has 2 aromatic heterocycles. The number of fused-ring (bicyclic) bond motifs is 1. The van der Waals surface area contributed by atoms with Crippen LogP contribution in [0.15, 0.2) is 29.0 Å². The maximum absolute atomic E-state index is 13.0. The molecule has 1 unspecified atom stereocenters. The molecule has 2 fully saturated rings. The number of hydrogen-bond acceptors (Lipinski definition) is 7. The van der Waals surface area contributed by atoms with Crippen molar-refractivity contribution in [2.75, 3.05) is 41.3 Å². The van der Waals surface area contributed by atoms with Crippen LogP contribution in [0, 0.1) is 0 Å². The van der Waals surface area contributed by atoms with Crippen LogP contribution in [0.5, 0.6) is 0 Å². The summed E-state index contributed by atoms with van der Waals surface area (Å²) in [6, 6.07) is 4.44. The number of nitrogens with zero attached hydrogens (tertiary/aromatic N) is 5. The number of oxazole rings is 1. The number of piperidine rings is 1. The average Bonchev–Trinajstić information content (AvgIpc) is 3.49. The Kier molecular flexibility index (Phi) is 4.82. The number of aliphatic hydroxyl groups excluding tert-OH is 1. The van der Waals surface area contributed by atoms with Crippen LogP contribution in [0.25, 0.3) is 10.9 Å². The topological polar surface area (TPSA) is 99.7 Å². The Morgan fingerprint density at radius 1 is 1.20 bits per heavy atom. The molecule has 30 heavy (non-hydrogen) atoms. The highest BCUT2D eigenvalue weighted by molar-refractivity contribution is 6.06. The quantitative estimate of drug-likeness (QED) is 0.681. The minimum absolute atomic E-state index is 0.223. The number of carbonyl (C=O) groups excluding carboxylic acids is 1. The van der Waals surface area contributed by atoms with Gasteiger partial charge in [0.2, 0.25) is 0 Å². The molecule has 2 aliphatic heterocycles. The molecule has 0 radical (unpaired) electrons. The summed E-state index contributed by atoms with van der Waals surface area (Å²) < 4.78 is 7.30. The number of aryl methyl sites for hydroxylation is 1. The Labute approximate surface area is 174 Å². The molecule has 5 rings (SSSR count). The van der Waals surface area contributed by atoms with Gasteiger partial charge in [0.15, 0.2) is 5.69 Å². The molecular formula is C21H26N6O3. The van der Waals surface area contributed by atoms with Crippen LogP contribution in [-0.2, 0) is 7.05 Å². The molecule has 0 aliphatic carbocycles. The van der Waals surface area contributed by atoms with Crippen molar-refractivity contribution in [3.63, 3.8) is 0 Å². The monoisotopic (exact) mass is 410 g/mol. The second kappa shape index (κ2) is 7.64. The molecule has 3 aromatic rings. The maximum Gasteiger partial charge on any atom is 0.298 e. The molecule has 2 saturated heterocycles. The van der Waals surface area contributed by atoms with Crippen molar-refractivity contribution in [3.8, 4) is 0 Å². The van der Waals surface area contributed by atoms with E-state index in [9.17, 15) is 9.90 Å². The second-order valence-corrected chi connectivity index (χ2v) is 8.10. The Morgan fingerprint density at radius 2 is 2.03 bits per heavy atom. The van der Waals surface area contributed by atoms with Gasteiger partial charge in [-0.15, -0.1) is 0 Å². The van der Waals surface area contributed by atoms with Gasteiger partial charge in [-0.3, -0.25) is 9.48 Å². The first-order chi connectivity index (χ1) is 14.6. The number of nitrogens with one attached hydrogen (secondary N) is 1. The average molecular weight is 410 g/mol. The Balaban J connectivity index is 1.43. The van der Waals surface area contributed by atoms with Crippen molar-refractivity contribution >= 4 is 34.2 Å². The van der Waals surface area contributed by atoms with Crippen LogP contribution in [0.4, 0.5) is 17.4 Å². The highest BCUT2D eigenvalue weighted by Crippen LogP contribution is 2.33. The Bertz CT molecular complexity index is 1070. The van der Waals surface area contributed by atoms with Gasteiger partial charge in [-0.2, -0.15) is 10.1 Å². The summed E-state index contributed by atoms with van der Waals surface area (Å²) in [6.45, 7) is 3.08. The largest absolute Gasteiger partial charge is 0.431 e. The standard InChI is InChI=1S/C21H26N6O3/c1-25-18-10-16(19(9-14(18)11-22-25)26-6-3-2-4-7-26)23-20(29)17-13-30-21(24-17)27-8-5-15(28)12-27/h9-11,13,15,28H,2-8,12H2,1H3,(H,23,29). The van der Waals surface area contributed by atoms with Crippen LogP contribution in [0.1, 0.15) is 36.2 Å². The molecule has 158 valence electrons. The third-order valence-electron chi connectivity index (χ3n) is 5.97. The van der Waals surface area contributed by atoms with Crippen molar-refractivity contribution in [2.45, 2.75) is 31.8 Å². The zero-order chi connectivity index (χ0) is 20.7. The van der Waals surface area contributed by atoms with Crippen molar-refractivity contribution in [1.82, 2.24) is 14.8 Å². The molecule has 2 aliphatic rings. The van der Waals surface area contributed by atoms with Gasteiger partial charge in [0, 0.05) is 38.6 Å². The lowest BCUT2D eigenvalue weighted by Crippen LogP contribution is -2.30. The summed E-state index contributed by atoms with van der Waals surface area (Å²) in [4.78, 5) is 21.5. The van der Waals surface area contributed by atoms with Gasteiger partial charge in [0.1, 0.15) is 6.26 Å². The fraction of sp³-hybridized carbons (Fsp3) is 0.476. The molecule has 9 heteroatoms. The summed E-state index contributed by atoms with van der Waals surface area (Å²) in [6.07, 6.45) is 7.04. The number of amides is 1. The van der Waals surface area contributed by atoms with Gasteiger partial charge in [-0.05, 0) is 37.8 Å². The van der Waals surface area contributed by atoms with E-state index in [0.29, 0.717) is 25.5 Å². The van der Waals surface area contributed by atoms with Crippen molar-refractivity contribution in [3.05, 3.63) is 30.3 Å². The zero-order valence-electron chi connectivity index (χ0n) is 17.0. The Morgan fingerprint density at radius 3 is 2.80 bits per heavy atom. The second-order valence-electron chi connectivity index (χ2n) is 8.10. The zero-order valence-corrected chi connectivity index (χ0v) is 17.0. The van der Waals surface area contributed by atoms with Crippen LogP contribution < -0.4 is 15.1 Å². The van der Waals surface area contributed by atoms with Crippen LogP contribution in [0.3, 0.4) is 0 Å². The van der Waals surface area contributed by atoms with E-state index in [1.54, 1.807) is 4.68 Å². The molecule has 1 amide bonds. The minimum Gasteiger partial charge on any atom is -0.431 e. The number of rotatable bonds is 4. The molecule has 0 saturated carbocycles.